The van der Waals surface area contributed by atoms with E-state index in [0.29, 0.717) is 0 Å². The van der Waals surface area contributed by atoms with Gasteiger partial charge in [0.1, 0.15) is 0 Å². The molecule has 2 aliphatic rings. The Morgan fingerprint density at radius 2 is 0.680 bits per heavy atom. The summed E-state index contributed by atoms with van der Waals surface area (Å²) in [5.74, 6) is 4.08. The molecule has 0 radical (unpaired) electrons. The lowest BCUT2D eigenvalue weighted by atomic mass is 9.84. The summed E-state index contributed by atoms with van der Waals surface area (Å²) in [4.78, 5) is 0. The van der Waals surface area contributed by atoms with Gasteiger partial charge in [-0.15, -0.1) is 0 Å². The Balaban J connectivity index is 0. The van der Waals surface area contributed by atoms with E-state index < -0.39 is 0 Å². The van der Waals surface area contributed by atoms with Crippen molar-refractivity contribution in [2.24, 2.45) is 23.7 Å². The Morgan fingerprint density at radius 3 is 0.840 bits per heavy atom. The van der Waals surface area contributed by atoms with Crippen LogP contribution in [0, 0.1) is 37.5 Å². The largest absolute Gasteiger partial charge is 0.0776 e. The molecule has 1 aromatic rings. The highest BCUT2D eigenvalue weighted by Crippen LogP contribution is 2.27. The molecule has 0 spiro atoms. The van der Waals surface area contributed by atoms with Crippen molar-refractivity contribution in [1.82, 2.24) is 0 Å². The highest BCUT2D eigenvalue weighted by atomic mass is 14.2. The first-order chi connectivity index (χ1) is 11.4. The number of aryl methyl sites for hydroxylation is 2. The van der Waals surface area contributed by atoms with Crippen LogP contribution in [0.3, 0.4) is 0 Å². The van der Waals surface area contributed by atoms with Gasteiger partial charge in [0.2, 0.25) is 0 Å². The summed E-state index contributed by atoms with van der Waals surface area (Å²) in [7, 11) is 0. The SMILES string of the molecule is C.CC1CCC(C)CC1.CC1CCC(C)CC1.Cc1ccc(C)cc1.[HH]. The Labute approximate surface area is 161 Å². The molecule has 3 rings (SSSR count). The summed E-state index contributed by atoms with van der Waals surface area (Å²) in [5.41, 5.74) is 2.66. The topological polar surface area (TPSA) is 0 Å². The van der Waals surface area contributed by atoms with E-state index in [4.69, 9.17) is 0 Å². The molecule has 0 unspecified atom stereocenters. The standard InChI is InChI=1S/2C8H16.C8H10.CH4.H2/c3*1-7-3-5-8(2)6-4-7;;/h2*7-8H,3-6H2,1-2H3;3-6H,1-2H3;1H4;1H. The van der Waals surface area contributed by atoms with Gasteiger partial charge < -0.3 is 0 Å². The van der Waals surface area contributed by atoms with Crippen LogP contribution < -0.4 is 0 Å². The maximum absolute atomic E-state index is 2.37. The first-order valence-corrected chi connectivity index (χ1v) is 10.4. The van der Waals surface area contributed by atoms with Crippen LogP contribution >= 0.6 is 0 Å². The van der Waals surface area contributed by atoms with E-state index in [1.54, 1.807) is 0 Å². The highest BCUT2D eigenvalue weighted by molar-refractivity contribution is 5.19. The predicted molar refractivity (Wildman–Crippen MR) is 118 cm³/mol. The lowest BCUT2D eigenvalue weighted by Gasteiger charge is -2.22. The molecule has 0 amide bonds. The van der Waals surface area contributed by atoms with Crippen molar-refractivity contribution in [3.63, 3.8) is 0 Å². The zero-order valence-electron chi connectivity index (χ0n) is 17.3. The maximum atomic E-state index is 2.37. The molecule has 2 saturated carbocycles. The molecule has 148 valence electrons. The quantitative estimate of drug-likeness (QED) is 0.439. The van der Waals surface area contributed by atoms with Crippen molar-refractivity contribution in [3.8, 4) is 0 Å². The van der Waals surface area contributed by atoms with Gasteiger partial charge in [0.05, 0.1) is 0 Å². The molecule has 0 nitrogen and oxygen atoms in total. The lowest BCUT2D eigenvalue weighted by Crippen LogP contribution is -2.08. The van der Waals surface area contributed by atoms with Gasteiger partial charge >= 0.3 is 0 Å². The fourth-order valence-corrected chi connectivity index (χ4v) is 3.49. The molecule has 0 saturated heterocycles. The minimum Gasteiger partial charge on any atom is -0.0776 e. The fourth-order valence-electron chi connectivity index (χ4n) is 3.49. The molecule has 0 aromatic heterocycles. The molecular weight excluding hydrogens is 300 g/mol. The highest BCUT2D eigenvalue weighted by Gasteiger charge is 2.13. The van der Waals surface area contributed by atoms with Crippen LogP contribution in [0.4, 0.5) is 0 Å². The molecule has 2 aliphatic carbocycles. The minimum atomic E-state index is 0. The van der Waals surface area contributed by atoms with Crippen molar-refractivity contribution in [2.45, 2.75) is 100 Å². The van der Waals surface area contributed by atoms with Crippen LogP contribution in [0.5, 0.6) is 0 Å². The second kappa shape index (κ2) is 13.4. The summed E-state index contributed by atoms with van der Waals surface area (Å²) in [6.45, 7) is 13.7. The summed E-state index contributed by atoms with van der Waals surface area (Å²) >= 11 is 0. The first-order valence-electron chi connectivity index (χ1n) is 10.4. The van der Waals surface area contributed by atoms with Crippen molar-refractivity contribution in [1.29, 1.82) is 0 Å². The van der Waals surface area contributed by atoms with Crippen LogP contribution in [0.2, 0.25) is 0 Å². The number of rotatable bonds is 0. The van der Waals surface area contributed by atoms with Crippen LogP contribution in [-0.4, -0.2) is 0 Å². The van der Waals surface area contributed by atoms with Gasteiger partial charge in [0.25, 0.3) is 0 Å². The molecule has 25 heavy (non-hydrogen) atoms. The van der Waals surface area contributed by atoms with E-state index >= 15 is 0 Å². The summed E-state index contributed by atoms with van der Waals surface area (Å²) in [6, 6.07) is 8.48. The van der Waals surface area contributed by atoms with Crippen molar-refractivity contribution < 1.29 is 1.43 Å². The zero-order chi connectivity index (χ0) is 17.9. The zero-order valence-corrected chi connectivity index (χ0v) is 17.3. The van der Waals surface area contributed by atoms with E-state index in [-0.39, 0.29) is 8.85 Å². The Bertz CT molecular complexity index is 345. The molecule has 0 atom stereocenters. The van der Waals surface area contributed by atoms with Crippen molar-refractivity contribution >= 4 is 0 Å². The molecule has 2 fully saturated rings. The van der Waals surface area contributed by atoms with Gasteiger partial charge in [-0.3, -0.25) is 0 Å². The van der Waals surface area contributed by atoms with Gasteiger partial charge in [0, 0.05) is 1.43 Å². The Morgan fingerprint density at radius 1 is 0.520 bits per heavy atom. The lowest BCUT2D eigenvalue weighted by molar-refractivity contribution is 0.308. The van der Waals surface area contributed by atoms with Crippen LogP contribution in [0.25, 0.3) is 0 Å². The second-order valence-electron chi connectivity index (χ2n) is 8.88. The Hall–Kier alpha value is -0.780. The van der Waals surface area contributed by atoms with E-state index in [0.717, 1.165) is 23.7 Å². The smallest absolute Gasteiger partial charge is 0 e. The van der Waals surface area contributed by atoms with Gasteiger partial charge in [-0.2, -0.15) is 0 Å². The normalized spacial score (nSPS) is 28.4. The van der Waals surface area contributed by atoms with Gasteiger partial charge in [0.15, 0.2) is 0 Å². The van der Waals surface area contributed by atoms with Crippen LogP contribution in [0.1, 0.15) is 99.0 Å². The Kier molecular flexibility index (Phi) is 13.0. The summed E-state index contributed by atoms with van der Waals surface area (Å²) < 4.78 is 0. The average Bonchev–Trinajstić information content (AvgIpc) is 2.57. The number of hydrogen-bond donors (Lipinski definition) is 0. The molecular formula is C25H48. The third-order valence-corrected chi connectivity index (χ3v) is 5.83. The maximum Gasteiger partial charge on any atom is 0 e. The van der Waals surface area contributed by atoms with Gasteiger partial charge in [-0.05, 0) is 37.5 Å². The fraction of sp³-hybridized carbons (Fsp3) is 0.760. The summed E-state index contributed by atoms with van der Waals surface area (Å²) in [6.07, 6.45) is 11.8. The monoisotopic (exact) mass is 348 g/mol. The predicted octanol–water partition coefficient (Wildman–Crippen LogP) is 8.85. The second-order valence-corrected chi connectivity index (χ2v) is 8.88. The van der Waals surface area contributed by atoms with Crippen molar-refractivity contribution in [3.05, 3.63) is 35.4 Å². The van der Waals surface area contributed by atoms with E-state index in [2.05, 4.69) is 65.8 Å². The third kappa shape index (κ3) is 12.2. The van der Waals surface area contributed by atoms with Gasteiger partial charge in [-0.1, -0.05) is 122 Å². The average molecular weight is 349 g/mol. The first kappa shape index (κ1) is 24.2. The van der Waals surface area contributed by atoms with E-state index in [9.17, 15) is 0 Å². The number of benzene rings is 1. The minimum absolute atomic E-state index is 0. The van der Waals surface area contributed by atoms with Gasteiger partial charge in [-0.25, -0.2) is 0 Å². The molecule has 0 bridgehead atoms. The molecule has 0 aliphatic heterocycles. The van der Waals surface area contributed by atoms with E-state index in [1.165, 1.54) is 62.5 Å². The molecule has 0 N–H and O–H groups in total. The third-order valence-electron chi connectivity index (χ3n) is 5.83. The molecule has 1 aromatic carbocycles. The van der Waals surface area contributed by atoms with Crippen LogP contribution in [-0.2, 0) is 0 Å². The molecule has 0 heteroatoms. The van der Waals surface area contributed by atoms with Crippen molar-refractivity contribution in [2.75, 3.05) is 0 Å². The van der Waals surface area contributed by atoms with E-state index in [1.807, 2.05) is 0 Å². The number of hydrogen-bond acceptors (Lipinski definition) is 0. The van der Waals surface area contributed by atoms with Crippen LogP contribution in [0.15, 0.2) is 24.3 Å². The summed E-state index contributed by atoms with van der Waals surface area (Å²) in [5, 5.41) is 0. The molecule has 0 heterocycles.